The van der Waals surface area contributed by atoms with E-state index in [4.69, 9.17) is 14.5 Å². The summed E-state index contributed by atoms with van der Waals surface area (Å²) < 4.78 is 27.9. The highest BCUT2D eigenvalue weighted by molar-refractivity contribution is 9.10. The number of pyridine rings is 1. The van der Waals surface area contributed by atoms with E-state index in [1.807, 2.05) is 33.8 Å². The van der Waals surface area contributed by atoms with Crippen molar-refractivity contribution in [2.24, 2.45) is 0 Å². The van der Waals surface area contributed by atoms with Crippen molar-refractivity contribution in [1.82, 2.24) is 19.9 Å². The molecule has 2 saturated heterocycles. The average molecular weight is 643 g/mol. The highest BCUT2D eigenvalue weighted by Gasteiger charge is 2.29. The molecule has 2 aliphatic heterocycles. The van der Waals surface area contributed by atoms with Crippen LogP contribution in [0.15, 0.2) is 29.0 Å². The van der Waals surface area contributed by atoms with Crippen LogP contribution in [0.2, 0.25) is 0 Å². The molecule has 2 aromatic heterocycles. The molecule has 226 valence electrons. The smallest absolute Gasteiger partial charge is 0.194 e. The molecule has 0 amide bonds. The Kier molecular flexibility index (Phi) is 8.91. The molecule has 0 bridgehead atoms. The van der Waals surface area contributed by atoms with Crippen LogP contribution in [0.1, 0.15) is 39.1 Å². The predicted molar refractivity (Wildman–Crippen MR) is 170 cm³/mol. The number of ether oxygens (including phenoxy) is 2. The number of benzene rings is 1. The minimum Gasteiger partial charge on any atom is -0.490 e. The van der Waals surface area contributed by atoms with E-state index in [0.717, 1.165) is 35.6 Å². The van der Waals surface area contributed by atoms with E-state index in [9.17, 15) is 0 Å². The number of likely N-dealkylation sites (N-methyl/N-ethyl adjacent to an activating group) is 1. The van der Waals surface area contributed by atoms with E-state index >= 15 is 4.39 Å². The number of nitrogens with one attached hydrogen (secondary N) is 1. The van der Waals surface area contributed by atoms with E-state index in [0.29, 0.717) is 58.5 Å². The third-order valence-electron chi connectivity index (χ3n) is 8.31. The molecule has 1 aromatic carbocycles. The normalized spacial score (nSPS) is 23.3. The van der Waals surface area contributed by atoms with Gasteiger partial charge in [-0.25, -0.2) is 19.3 Å². The first-order valence-corrected chi connectivity index (χ1v) is 15.3. The minimum atomic E-state index is -0.311. The van der Waals surface area contributed by atoms with Crippen LogP contribution in [-0.4, -0.2) is 84.5 Å². The first-order valence-electron chi connectivity index (χ1n) is 14.5. The summed E-state index contributed by atoms with van der Waals surface area (Å²) in [5, 5.41) is 3.52. The standard InChI is InChI=1S/C31H41BrFN7O2/c1-17-9-27(39-13-18(2)38(7)19(3)14-39)26(37-31-29(41-8)30(32)35-22(6)36-31)10-23(17)24-12-34-28(11-25(24)33)40-15-20(4)42-21(5)16-40/h9-12,18-21H,13-16H2,1-8H3,(H,35,36,37)/t18-,19+,20-,21+. The van der Waals surface area contributed by atoms with Crippen molar-refractivity contribution in [3.8, 4) is 16.9 Å². The summed E-state index contributed by atoms with van der Waals surface area (Å²) in [6.07, 6.45) is 1.76. The molecular weight excluding hydrogens is 601 g/mol. The molecule has 0 radical (unpaired) electrons. The first-order chi connectivity index (χ1) is 19.9. The highest BCUT2D eigenvalue weighted by Crippen LogP contribution is 2.41. The summed E-state index contributed by atoms with van der Waals surface area (Å²) in [6.45, 7) is 15.5. The minimum absolute atomic E-state index is 0.0594. The number of methoxy groups -OCH3 is 1. The number of aryl methyl sites for hydroxylation is 2. The van der Waals surface area contributed by atoms with Crippen molar-refractivity contribution in [2.45, 2.75) is 65.8 Å². The van der Waals surface area contributed by atoms with Gasteiger partial charge in [-0.15, -0.1) is 0 Å². The summed E-state index contributed by atoms with van der Waals surface area (Å²) in [5.41, 5.74) is 4.01. The number of halogens is 2. The van der Waals surface area contributed by atoms with Crippen molar-refractivity contribution in [2.75, 3.05) is 55.5 Å². The van der Waals surface area contributed by atoms with Gasteiger partial charge in [0.05, 0.1) is 30.7 Å². The molecule has 5 rings (SSSR count). The average Bonchev–Trinajstić information content (AvgIpc) is 2.91. The van der Waals surface area contributed by atoms with E-state index in [1.165, 1.54) is 6.07 Å². The van der Waals surface area contributed by atoms with Crippen molar-refractivity contribution in [3.63, 3.8) is 0 Å². The molecular formula is C31H41BrFN7O2. The Hall–Kier alpha value is -3.02. The highest BCUT2D eigenvalue weighted by atomic mass is 79.9. The summed E-state index contributed by atoms with van der Waals surface area (Å²) in [6, 6.07) is 6.41. The second-order valence-corrected chi connectivity index (χ2v) is 12.5. The van der Waals surface area contributed by atoms with E-state index < -0.39 is 0 Å². The molecule has 2 aliphatic rings. The van der Waals surface area contributed by atoms with E-state index in [1.54, 1.807) is 13.3 Å². The van der Waals surface area contributed by atoms with Gasteiger partial charge in [-0.1, -0.05) is 0 Å². The number of aromatic nitrogens is 3. The molecule has 11 heteroatoms. The van der Waals surface area contributed by atoms with Crippen LogP contribution in [0.5, 0.6) is 5.75 Å². The number of morpholine rings is 1. The van der Waals surface area contributed by atoms with E-state index in [2.05, 4.69) is 72.9 Å². The van der Waals surface area contributed by atoms with Crippen molar-refractivity contribution < 1.29 is 13.9 Å². The number of rotatable bonds is 6. The fourth-order valence-electron chi connectivity index (χ4n) is 6.02. The molecule has 3 aromatic rings. The molecule has 9 nitrogen and oxygen atoms in total. The number of hydrogen-bond acceptors (Lipinski definition) is 9. The summed E-state index contributed by atoms with van der Waals surface area (Å²) in [7, 11) is 3.76. The lowest BCUT2D eigenvalue weighted by Gasteiger charge is -2.44. The van der Waals surface area contributed by atoms with Gasteiger partial charge in [-0.05, 0) is 87.8 Å². The van der Waals surface area contributed by atoms with Gasteiger partial charge in [-0.2, -0.15) is 0 Å². The molecule has 0 saturated carbocycles. The second kappa shape index (κ2) is 12.3. The largest absolute Gasteiger partial charge is 0.490 e. The van der Waals surface area contributed by atoms with Crippen LogP contribution in [0.3, 0.4) is 0 Å². The Morgan fingerprint density at radius 1 is 0.952 bits per heavy atom. The van der Waals surface area contributed by atoms with Crippen LogP contribution < -0.4 is 19.9 Å². The van der Waals surface area contributed by atoms with Gasteiger partial charge < -0.3 is 24.6 Å². The molecule has 0 spiro atoms. The molecule has 42 heavy (non-hydrogen) atoms. The van der Waals surface area contributed by atoms with Crippen LogP contribution in [0.4, 0.5) is 27.4 Å². The Labute approximate surface area is 256 Å². The van der Waals surface area contributed by atoms with Crippen LogP contribution in [-0.2, 0) is 4.74 Å². The number of hydrogen-bond donors (Lipinski definition) is 1. The van der Waals surface area contributed by atoms with Crippen molar-refractivity contribution in [3.05, 3.63) is 46.2 Å². The van der Waals surface area contributed by atoms with Gasteiger partial charge in [0.15, 0.2) is 16.2 Å². The fraction of sp³-hybridized carbons (Fsp3) is 0.516. The Morgan fingerprint density at radius 3 is 2.24 bits per heavy atom. The zero-order chi connectivity index (χ0) is 30.3. The van der Waals surface area contributed by atoms with Gasteiger partial charge in [0.1, 0.15) is 17.5 Å². The third-order valence-corrected chi connectivity index (χ3v) is 8.85. The summed E-state index contributed by atoms with van der Waals surface area (Å²) in [4.78, 5) is 20.6. The SMILES string of the molecule is COc1c(Br)nc(C)nc1Nc1cc(-c2cnc(N3C[C@@H](C)O[C@@H](C)C3)cc2F)c(C)cc1N1C[C@@H](C)N(C)[C@@H](C)C1. The topological polar surface area (TPSA) is 78.9 Å². The lowest BCUT2D eigenvalue weighted by molar-refractivity contribution is -0.00547. The Bertz CT molecular complexity index is 1440. The maximum absolute atomic E-state index is 15.9. The molecule has 4 heterocycles. The van der Waals surface area contributed by atoms with Crippen molar-refractivity contribution in [1.29, 1.82) is 0 Å². The lowest BCUT2D eigenvalue weighted by Crippen LogP contribution is -2.55. The first kappa shape index (κ1) is 30.4. The zero-order valence-electron chi connectivity index (χ0n) is 25.7. The maximum atomic E-state index is 15.9. The molecule has 1 N–H and O–H groups in total. The van der Waals surface area contributed by atoms with Crippen LogP contribution in [0, 0.1) is 19.7 Å². The molecule has 0 aliphatic carbocycles. The maximum Gasteiger partial charge on any atom is 0.194 e. The lowest BCUT2D eigenvalue weighted by atomic mass is 9.98. The van der Waals surface area contributed by atoms with Gasteiger partial charge in [0, 0.05) is 56.1 Å². The van der Waals surface area contributed by atoms with Gasteiger partial charge in [-0.3, -0.25) is 4.90 Å². The monoisotopic (exact) mass is 641 g/mol. The van der Waals surface area contributed by atoms with Gasteiger partial charge in [0.25, 0.3) is 0 Å². The Balaban J connectivity index is 1.58. The van der Waals surface area contributed by atoms with Crippen LogP contribution in [0.25, 0.3) is 11.1 Å². The molecule has 0 unspecified atom stereocenters. The van der Waals surface area contributed by atoms with Gasteiger partial charge >= 0.3 is 0 Å². The quantitative estimate of drug-likeness (QED) is 0.328. The van der Waals surface area contributed by atoms with Crippen LogP contribution >= 0.6 is 15.9 Å². The fourth-order valence-corrected chi connectivity index (χ4v) is 6.63. The number of anilines is 4. The summed E-state index contributed by atoms with van der Waals surface area (Å²) in [5.74, 6) is 1.94. The zero-order valence-corrected chi connectivity index (χ0v) is 27.3. The van der Waals surface area contributed by atoms with Crippen molar-refractivity contribution >= 4 is 38.9 Å². The number of nitrogens with zero attached hydrogens (tertiary/aromatic N) is 6. The molecule has 4 atom stereocenters. The van der Waals surface area contributed by atoms with Gasteiger partial charge in [0.2, 0.25) is 0 Å². The summed E-state index contributed by atoms with van der Waals surface area (Å²) >= 11 is 3.51. The number of piperazine rings is 1. The Morgan fingerprint density at radius 2 is 1.62 bits per heavy atom. The van der Waals surface area contributed by atoms with E-state index in [-0.39, 0.29) is 18.0 Å². The second-order valence-electron chi connectivity index (χ2n) is 11.7. The predicted octanol–water partition coefficient (Wildman–Crippen LogP) is 5.95. The third kappa shape index (κ3) is 6.18. The molecule has 2 fully saturated rings.